The van der Waals surface area contributed by atoms with Crippen molar-refractivity contribution in [3.05, 3.63) is 24.0 Å². The Kier molecular flexibility index (Phi) is 5.75. The molecular formula is C17H25N3O2S2. The van der Waals surface area contributed by atoms with Crippen LogP contribution >= 0.6 is 23.1 Å². The van der Waals surface area contributed by atoms with Crippen LogP contribution in [0.5, 0.6) is 0 Å². The Morgan fingerprint density at radius 3 is 2.54 bits per heavy atom. The highest BCUT2D eigenvalue weighted by molar-refractivity contribution is 8.00. The summed E-state index contributed by atoms with van der Waals surface area (Å²) < 4.78 is 6.81. The van der Waals surface area contributed by atoms with E-state index in [0.29, 0.717) is 16.8 Å². The summed E-state index contributed by atoms with van der Waals surface area (Å²) in [4.78, 5) is 20.8. The van der Waals surface area contributed by atoms with Crippen LogP contribution in [0.4, 0.5) is 5.13 Å². The lowest BCUT2D eigenvalue weighted by molar-refractivity contribution is -0.124. The van der Waals surface area contributed by atoms with E-state index in [9.17, 15) is 4.79 Å². The molecule has 2 aromatic heterocycles. The Morgan fingerprint density at radius 1 is 1.25 bits per heavy atom. The highest BCUT2D eigenvalue weighted by Gasteiger charge is 2.26. The summed E-state index contributed by atoms with van der Waals surface area (Å²) in [5, 5.41) is 3.52. The molecule has 0 aliphatic heterocycles. The number of oxazole rings is 1. The highest BCUT2D eigenvalue weighted by atomic mass is 32.2. The van der Waals surface area contributed by atoms with Gasteiger partial charge in [-0.25, -0.2) is 9.97 Å². The lowest BCUT2D eigenvalue weighted by atomic mass is 9.89. The monoisotopic (exact) mass is 367 g/mol. The van der Waals surface area contributed by atoms with Crippen LogP contribution in [0.3, 0.4) is 0 Å². The molecule has 132 valence electrons. The molecule has 0 radical (unpaired) electrons. The van der Waals surface area contributed by atoms with E-state index in [0.717, 1.165) is 16.4 Å². The second kappa shape index (κ2) is 7.27. The largest absolute Gasteiger partial charge is 0.444 e. The van der Waals surface area contributed by atoms with Crippen molar-refractivity contribution in [2.45, 2.75) is 63.3 Å². The van der Waals surface area contributed by atoms with Crippen molar-refractivity contribution in [1.82, 2.24) is 9.97 Å². The summed E-state index contributed by atoms with van der Waals surface area (Å²) in [6.07, 6.45) is 4.35. The fourth-order valence-electron chi connectivity index (χ4n) is 1.67. The number of nitrogens with zero attached hydrogens (tertiary/aromatic N) is 2. The zero-order valence-electron chi connectivity index (χ0n) is 15.1. The summed E-state index contributed by atoms with van der Waals surface area (Å²) in [5.41, 5.74) is -0.426. The maximum absolute atomic E-state index is 12.2. The van der Waals surface area contributed by atoms with Gasteiger partial charge in [-0.15, -0.1) is 11.8 Å². The van der Waals surface area contributed by atoms with E-state index in [2.05, 4.69) is 36.1 Å². The summed E-state index contributed by atoms with van der Waals surface area (Å²) in [6.45, 7) is 12.2. The first-order valence-electron chi connectivity index (χ1n) is 7.97. The molecule has 2 heterocycles. The quantitative estimate of drug-likeness (QED) is 0.720. The molecular weight excluding hydrogens is 342 g/mol. The van der Waals surface area contributed by atoms with Crippen LogP contribution in [-0.4, -0.2) is 15.9 Å². The fourth-order valence-corrected chi connectivity index (χ4v) is 3.39. The normalized spacial score (nSPS) is 12.4. The number of thiazole rings is 1. The van der Waals surface area contributed by atoms with E-state index in [4.69, 9.17) is 4.42 Å². The van der Waals surface area contributed by atoms with Gasteiger partial charge in [-0.2, -0.15) is 0 Å². The predicted octanol–water partition coefficient (Wildman–Crippen LogP) is 5.10. The maximum atomic E-state index is 12.2. The average molecular weight is 368 g/mol. The van der Waals surface area contributed by atoms with Gasteiger partial charge in [0.2, 0.25) is 11.8 Å². The van der Waals surface area contributed by atoms with Gasteiger partial charge in [0.25, 0.3) is 0 Å². The number of rotatable bonds is 6. The Hall–Kier alpha value is -1.34. The van der Waals surface area contributed by atoms with Gasteiger partial charge in [-0.3, -0.25) is 4.79 Å². The van der Waals surface area contributed by atoms with E-state index in [1.165, 1.54) is 11.3 Å². The van der Waals surface area contributed by atoms with Crippen molar-refractivity contribution in [2.75, 3.05) is 5.32 Å². The molecule has 24 heavy (non-hydrogen) atoms. The first-order chi connectivity index (χ1) is 11.1. The molecule has 0 aromatic carbocycles. The maximum Gasteiger partial charge on any atom is 0.231 e. The third-order valence-electron chi connectivity index (χ3n) is 3.83. The zero-order valence-corrected chi connectivity index (χ0v) is 16.7. The molecule has 0 bridgehead atoms. The SMILES string of the molecule is CCC(C)(C)C(=O)Nc1ncc(SCc2ncc(C(C)(C)C)o2)s1. The van der Waals surface area contributed by atoms with Gasteiger partial charge >= 0.3 is 0 Å². The number of carbonyl (C=O) groups is 1. The van der Waals surface area contributed by atoms with Crippen LogP contribution in [0.15, 0.2) is 21.0 Å². The minimum absolute atomic E-state index is 0.00146. The molecule has 5 nitrogen and oxygen atoms in total. The van der Waals surface area contributed by atoms with Gasteiger partial charge < -0.3 is 9.73 Å². The van der Waals surface area contributed by atoms with Gasteiger partial charge in [0.15, 0.2) is 5.13 Å². The molecule has 0 aliphatic rings. The third kappa shape index (κ3) is 4.83. The van der Waals surface area contributed by atoms with Crippen molar-refractivity contribution in [3.63, 3.8) is 0 Å². The van der Waals surface area contributed by atoms with Crippen LogP contribution in [0, 0.1) is 5.41 Å². The molecule has 0 spiro atoms. The summed E-state index contributed by atoms with van der Waals surface area (Å²) >= 11 is 3.08. The Morgan fingerprint density at radius 2 is 1.96 bits per heavy atom. The molecule has 1 amide bonds. The number of carbonyl (C=O) groups excluding carboxylic acids is 1. The van der Waals surface area contributed by atoms with Crippen molar-refractivity contribution >= 4 is 34.1 Å². The van der Waals surface area contributed by atoms with E-state index in [1.54, 1.807) is 24.2 Å². The topological polar surface area (TPSA) is 68.0 Å². The number of amides is 1. The number of hydrogen-bond donors (Lipinski definition) is 1. The molecule has 0 atom stereocenters. The van der Waals surface area contributed by atoms with Crippen molar-refractivity contribution in [3.8, 4) is 0 Å². The molecule has 0 aliphatic carbocycles. The third-order valence-corrected chi connectivity index (χ3v) is 5.93. The molecule has 0 unspecified atom stereocenters. The summed E-state index contributed by atoms with van der Waals surface area (Å²) in [5.74, 6) is 2.23. The smallest absolute Gasteiger partial charge is 0.231 e. The van der Waals surface area contributed by atoms with E-state index in [1.807, 2.05) is 20.8 Å². The number of nitrogens with one attached hydrogen (secondary N) is 1. The molecule has 2 rings (SSSR count). The van der Waals surface area contributed by atoms with Crippen LogP contribution in [0.25, 0.3) is 0 Å². The minimum atomic E-state index is -0.388. The number of hydrogen-bond acceptors (Lipinski definition) is 6. The van der Waals surface area contributed by atoms with E-state index < -0.39 is 0 Å². The summed E-state index contributed by atoms with van der Waals surface area (Å²) in [6, 6.07) is 0. The Labute approximate surface area is 151 Å². The van der Waals surface area contributed by atoms with Crippen LogP contribution < -0.4 is 5.32 Å². The lowest BCUT2D eigenvalue weighted by Crippen LogP contribution is -2.29. The first-order valence-corrected chi connectivity index (χ1v) is 9.77. The number of thioether (sulfide) groups is 1. The van der Waals surface area contributed by atoms with Crippen LogP contribution in [0.2, 0.25) is 0 Å². The standard InChI is InChI=1S/C17H25N3O2S2/c1-7-17(5,6)14(21)20-15-19-9-13(24-15)23-10-12-18-8-11(22-12)16(2,3)4/h8-9H,7,10H2,1-6H3,(H,19,20,21). The van der Waals surface area contributed by atoms with Gasteiger partial charge in [-0.05, 0) is 6.42 Å². The number of aromatic nitrogens is 2. The molecule has 0 fully saturated rings. The molecule has 1 N–H and O–H groups in total. The van der Waals surface area contributed by atoms with Crippen LogP contribution in [0.1, 0.15) is 59.6 Å². The van der Waals surface area contributed by atoms with Gasteiger partial charge in [0.1, 0.15) is 5.76 Å². The van der Waals surface area contributed by atoms with E-state index >= 15 is 0 Å². The molecule has 0 saturated heterocycles. The van der Waals surface area contributed by atoms with E-state index in [-0.39, 0.29) is 16.7 Å². The second-order valence-corrected chi connectivity index (χ2v) is 9.64. The fraction of sp³-hybridized carbons (Fsp3) is 0.588. The van der Waals surface area contributed by atoms with Crippen molar-refractivity contribution < 1.29 is 9.21 Å². The first kappa shape index (κ1) is 19.0. The second-order valence-electron chi connectivity index (χ2n) is 7.33. The van der Waals surface area contributed by atoms with Crippen LogP contribution in [-0.2, 0) is 16.0 Å². The van der Waals surface area contributed by atoms with Gasteiger partial charge in [0.05, 0.1) is 22.4 Å². The Bertz CT molecular complexity index is 699. The molecule has 7 heteroatoms. The lowest BCUT2D eigenvalue weighted by Gasteiger charge is -2.20. The van der Waals surface area contributed by atoms with Gasteiger partial charge in [-0.1, -0.05) is 52.9 Å². The van der Waals surface area contributed by atoms with Gasteiger partial charge in [0, 0.05) is 10.8 Å². The minimum Gasteiger partial charge on any atom is -0.444 e. The highest BCUT2D eigenvalue weighted by Crippen LogP contribution is 2.32. The number of anilines is 1. The molecule has 2 aromatic rings. The van der Waals surface area contributed by atoms with Crippen molar-refractivity contribution in [1.29, 1.82) is 0 Å². The van der Waals surface area contributed by atoms with Crippen molar-refractivity contribution in [2.24, 2.45) is 5.41 Å². The average Bonchev–Trinajstić information content (AvgIpc) is 3.13. The summed E-state index contributed by atoms with van der Waals surface area (Å²) in [7, 11) is 0. The molecule has 0 saturated carbocycles. The Balaban J connectivity index is 1.92. The predicted molar refractivity (Wildman–Crippen MR) is 99.6 cm³/mol. The zero-order chi connectivity index (χ0) is 18.0.